The van der Waals surface area contributed by atoms with Gasteiger partial charge in [-0.2, -0.15) is 11.3 Å². The van der Waals surface area contributed by atoms with Gasteiger partial charge >= 0.3 is 0 Å². The molecule has 78 valence electrons. The Hall–Kier alpha value is -1.17. The van der Waals surface area contributed by atoms with Crippen LogP contribution in [0.15, 0.2) is 22.9 Å². The number of carbonyl (C=O) groups excluding carboxylic acids is 2. The van der Waals surface area contributed by atoms with Gasteiger partial charge < -0.3 is 0 Å². The Balaban J connectivity index is 0.000000280. The van der Waals surface area contributed by atoms with Gasteiger partial charge in [-0.3, -0.25) is 9.59 Å². The topological polar surface area (TPSA) is 34.1 Å². The molecule has 6 heteroatoms. The Morgan fingerprint density at radius 3 is 1.86 bits per heavy atom. The van der Waals surface area contributed by atoms with E-state index in [4.69, 9.17) is 0 Å². The maximum absolute atomic E-state index is 11.6. The average molecular weight is 224 g/mol. The van der Waals surface area contributed by atoms with Crippen molar-refractivity contribution >= 4 is 23.4 Å². The molecule has 0 saturated carbocycles. The minimum atomic E-state index is -3.40. The van der Waals surface area contributed by atoms with Gasteiger partial charge in [0.2, 0.25) is 12.0 Å². The van der Waals surface area contributed by atoms with E-state index in [1.807, 2.05) is 22.9 Å². The van der Waals surface area contributed by atoms with E-state index in [2.05, 4.69) is 0 Å². The van der Waals surface area contributed by atoms with Crippen molar-refractivity contribution in [3.8, 4) is 0 Å². The summed E-state index contributed by atoms with van der Waals surface area (Å²) in [5.41, 5.74) is 0. The highest BCUT2D eigenvalue weighted by Gasteiger charge is 2.25. The minimum Gasteiger partial charge on any atom is -0.300 e. The summed E-state index contributed by atoms with van der Waals surface area (Å²) in [7, 11) is 0. The summed E-state index contributed by atoms with van der Waals surface area (Å²) in [5.74, 6) is -1.98. The van der Waals surface area contributed by atoms with Crippen molar-refractivity contribution in [2.45, 2.75) is 12.6 Å². The van der Waals surface area contributed by atoms with Crippen molar-refractivity contribution < 1.29 is 22.8 Å². The SMILES string of the molecule is O=CC(F)C(=O)C(F)F.c1ccsc1. The zero-order valence-corrected chi connectivity index (χ0v) is 7.72. The monoisotopic (exact) mass is 224 g/mol. The first-order valence-electron chi connectivity index (χ1n) is 3.48. The van der Waals surface area contributed by atoms with E-state index in [9.17, 15) is 22.8 Å². The van der Waals surface area contributed by atoms with Crippen LogP contribution in [0.3, 0.4) is 0 Å². The fourth-order valence-corrected chi connectivity index (χ4v) is 0.868. The van der Waals surface area contributed by atoms with Gasteiger partial charge in [-0.05, 0) is 10.8 Å². The molecule has 0 aliphatic rings. The molecule has 1 rings (SSSR count). The summed E-state index contributed by atoms with van der Waals surface area (Å²) in [4.78, 5) is 19.0. The fraction of sp³-hybridized carbons (Fsp3) is 0.250. The maximum Gasteiger partial charge on any atom is 0.299 e. The van der Waals surface area contributed by atoms with Crippen LogP contribution in [0.25, 0.3) is 0 Å². The number of alkyl halides is 3. The van der Waals surface area contributed by atoms with Crippen LogP contribution in [0.2, 0.25) is 0 Å². The van der Waals surface area contributed by atoms with E-state index in [1.54, 1.807) is 11.3 Å². The minimum absolute atomic E-state index is 0.464. The number of rotatable bonds is 3. The summed E-state index contributed by atoms with van der Waals surface area (Å²) in [6, 6.07) is 4.04. The van der Waals surface area contributed by atoms with Crippen molar-refractivity contribution in [3.63, 3.8) is 0 Å². The second-order valence-corrected chi connectivity index (χ2v) is 2.85. The number of hydrogen-bond donors (Lipinski definition) is 0. The molecule has 0 N–H and O–H groups in total. The summed E-state index contributed by atoms with van der Waals surface area (Å²) in [6.45, 7) is 0. The van der Waals surface area contributed by atoms with Gasteiger partial charge in [0.15, 0.2) is 6.29 Å². The van der Waals surface area contributed by atoms with Crippen LogP contribution >= 0.6 is 11.3 Å². The molecule has 0 aromatic carbocycles. The molecule has 0 spiro atoms. The van der Waals surface area contributed by atoms with Gasteiger partial charge in [-0.1, -0.05) is 12.1 Å². The molecule has 1 heterocycles. The third-order valence-electron chi connectivity index (χ3n) is 1.03. The molecule has 14 heavy (non-hydrogen) atoms. The van der Waals surface area contributed by atoms with Crippen LogP contribution in [0.1, 0.15) is 0 Å². The van der Waals surface area contributed by atoms with Crippen molar-refractivity contribution in [1.29, 1.82) is 0 Å². The number of hydrogen-bond acceptors (Lipinski definition) is 3. The first-order chi connectivity index (χ1) is 6.59. The summed E-state index contributed by atoms with van der Waals surface area (Å²) in [5, 5.41) is 4.08. The number of ketones is 1. The Bertz CT molecular complexity index is 244. The van der Waals surface area contributed by atoms with E-state index < -0.39 is 24.7 Å². The second kappa shape index (κ2) is 7.25. The maximum atomic E-state index is 11.6. The Kier molecular flexibility index (Phi) is 6.65. The number of Topliss-reactive ketones (excluding diaryl/α,β-unsaturated/α-hetero) is 1. The molecular weight excluding hydrogens is 217 g/mol. The molecule has 1 aromatic heterocycles. The van der Waals surface area contributed by atoms with Crippen LogP contribution in [-0.4, -0.2) is 24.7 Å². The van der Waals surface area contributed by atoms with E-state index in [1.165, 1.54) is 0 Å². The highest BCUT2D eigenvalue weighted by Crippen LogP contribution is 1.99. The molecule has 1 aromatic rings. The molecule has 1 atom stereocenters. The van der Waals surface area contributed by atoms with Gasteiger partial charge in [0, 0.05) is 0 Å². The molecular formula is C8H7F3O2S. The quantitative estimate of drug-likeness (QED) is 0.582. The molecule has 0 aliphatic carbocycles. The lowest BCUT2D eigenvalue weighted by Crippen LogP contribution is -2.23. The summed E-state index contributed by atoms with van der Waals surface area (Å²) in [6.07, 6.45) is -6.54. The summed E-state index contributed by atoms with van der Waals surface area (Å²) >= 11 is 1.71. The van der Waals surface area contributed by atoms with Crippen LogP contribution in [0.5, 0.6) is 0 Å². The lowest BCUT2D eigenvalue weighted by Gasteiger charge is -1.94. The fourth-order valence-electron chi connectivity index (χ4n) is 0.414. The number of thiophene rings is 1. The predicted molar refractivity (Wildman–Crippen MR) is 46.3 cm³/mol. The summed E-state index contributed by atoms with van der Waals surface area (Å²) < 4.78 is 33.8. The largest absolute Gasteiger partial charge is 0.300 e. The van der Waals surface area contributed by atoms with Gasteiger partial charge in [-0.15, -0.1) is 0 Å². The number of halogens is 3. The van der Waals surface area contributed by atoms with Crippen LogP contribution in [0.4, 0.5) is 13.2 Å². The molecule has 1 unspecified atom stereocenters. The third kappa shape index (κ3) is 5.47. The van der Waals surface area contributed by atoms with Crippen LogP contribution < -0.4 is 0 Å². The zero-order chi connectivity index (χ0) is 11.0. The van der Waals surface area contributed by atoms with E-state index in [0.717, 1.165) is 0 Å². The van der Waals surface area contributed by atoms with Gasteiger partial charge in [0.05, 0.1) is 0 Å². The van der Waals surface area contributed by atoms with Gasteiger partial charge in [-0.25, -0.2) is 13.2 Å². The van der Waals surface area contributed by atoms with Gasteiger partial charge in [0.25, 0.3) is 6.43 Å². The normalized spacial score (nSPS) is 11.4. The van der Waals surface area contributed by atoms with Crippen molar-refractivity contribution in [2.24, 2.45) is 0 Å². The Morgan fingerprint density at radius 1 is 1.21 bits per heavy atom. The van der Waals surface area contributed by atoms with Crippen LogP contribution in [-0.2, 0) is 9.59 Å². The molecule has 0 amide bonds. The molecule has 2 nitrogen and oxygen atoms in total. The van der Waals surface area contributed by atoms with Crippen LogP contribution in [0, 0.1) is 0 Å². The highest BCUT2D eigenvalue weighted by atomic mass is 32.1. The number of aldehydes is 1. The average Bonchev–Trinajstić information content (AvgIpc) is 2.73. The molecule has 0 saturated heterocycles. The van der Waals surface area contributed by atoms with Gasteiger partial charge in [0.1, 0.15) is 0 Å². The Morgan fingerprint density at radius 2 is 1.71 bits per heavy atom. The van der Waals surface area contributed by atoms with E-state index >= 15 is 0 Å². The van der Waals surface area contributed by atoms with Crippen molar-refractivity contribution in [2.75, 3.05) is 0 Å². The standard InChI is InChI=1S/C4H3F3O2.C4H4S/c5-2(1-8)3(9)4(6)7;1-2-4-5-3-1/h1-2,4H;1-4H. The predicted octanol–water partition coefficient (Wildman–Crippen LogP) is 2.11. The second-order valence-electron chi connectivity index (χ2n) is 2.03. The van der Waals surface area contributed by atoms with Crippen molar-refractivity contribution in [3.05, 3.63) is 22.9 Å². The molecule has 0 aliphatic heterocycles. The van der Waals surface area contributed by atoms with E-state index in [0.29, 0.717) is 0 Å². The molecule has 0 radical (unpaired) electrons. The Labute approximate surface area is 82.4 Å². The zero-order valence-electron chi connectivity index (χ0n) is 6.90. The third-order valence-corrected chi connectivity index (χ3v) is 1.66. The number of carbonyl (C=O) groups is 2. The first-order valence-corrected chi connectivity index (χ1v) is 4.42. The molecule has 0 bridgehead atoms. The van der Waals surface area contributed by atoms with E-state index in [-0.39, 0.29) is 0 Å². The molecule has 0 fully saturated rings. The first kappa shape index (κ1) is 12.8. The van der Waals surface area contributed by atoms with Crippen molar-refractivity contribution in [1.82, 2.24) is 0 Å². The smallest absolute Gasteiger partial charge is 0.299 e. The lowest BCUT2D eigenvalue weighted by molar-refractivity contribution is -0.137. The lowest BCUT2D eigenvalue weighted by atomic mass is 10.3. The highest BCUT2D eigenvalue weighted by molar-refractivity contribution is 7.07.